The third-order valence-corrected chi connectivity index (χ3v) is 2.16. The number of aromatic hydroxyl groups is 2. The number of carbonyl (C=O) groups is 1. The molecule has 2 unspecified atom stereocenters. The Hall–Kier alpha value is -1.79. The van der Waals surface area contributed by atoms with Crippen LogP contribution in [0.25, 0.3) is 0 Å². The van der Waals surface area contributed by atoms with Crippen LogP contribution in [0.4, 0.5) is 0 Å². The van der Waals surface area contributed by atoms with Gasteiger partial charge >= 0.3 is 5.97 Å². The minimum Gasteiger partial charge on any atom is -0.508 e. The number of carbonyl (C=O) groups excluding carboxylic acids is 1. The van der Waals surface area contributed by atoms with E-state index >= 15 is 0 Å². The molecule has 0 aliphatic heterocycles. The van der Waals surface area contributed by atoms with Gasteiger partial charge in [-0.3, -0.25) is 0 Å². The molecule has 6 heteroatoms. The fourth-order valence-electron chi connectivity index (χ4n) is 1.31. The van der Waals surface area contributed by atoms with E-state index in [1.807, 2.05) is 0 Å². The third kappa shape index (κ3) is 3.08. The minimum atomic E-state index is -1.79. The fourth-order valence-corrected chi connectivity index (χ4v) is 1.31. The summed E-state index contributed by atoms with van der Waals surface area (Å²) in [5, 5.41) is 37.6. The van der Waals surface area contributed by atoms with Crippen LogP contribution in [-0.2, 0) is 9.53 Å². The summed E-state index contributed by atoms with van der Waals surface area (Å²) in [6.45, 7) is 1.64. The lowest BCUT2D eigenvalue weighted by Gasteiger charge is -2.17. The van der Waals surface area contributed by atoms with Gasteiger partial charge in [0.15, 0.2) is 6.10 Å². The number of hydrogen-bond acceptors (Lipinski definition) is 6. The molecule has 0 aromatic heterocycles. The van der Waals surface area contributed by atoms with Crippen LogP contribution in [0.1, 0.15) is 18.6 Å². The molecule has 0 heterocycles. The van der Waals surface area contributed by atoms with Crippen LogP contribution in [0.15, 0.2) is 18.2 Å². The van der Waals surface area contributed by atoms with E-state index in [0.717, 1.165) is 6.07 Å². The Balaban J connectivity index is 2.88. The van der Waals surface area contributed by atoms with Gasteiger partial charge in [-0.25, -0.2) is 4.79 Å². The van der Waals surface area contributed by atoms with Crippen LogP contribution in [0.5, 0.6) is 11.5 Å². The number of phenols is 2. The first kappa shape index (κ1) is 13.3. The lowest BCUT2D eigenvalue weighted by Crippen LogP contribution is -2.29. The lowest BCUT2D eigenvalue weighted by molar-refractivity contribution is -0.159. The molecule has 4 N–H and O–H groups in total. The second kappa shape index (κ2) is 5.51. The first-order valence-electron chi connectivity index (χ1n) is 5.02. The van der Waals surface area contributed by atoms with E-state index in [1.54, 1.807) is 6.92 Å². The van der Waals surface area contributed by atoms with E-state index in [4.69, 9.17) is 5.11 Å². The van der Waals surface area contributed by atoms with Crippen molar-refractivity contribution in [1.82, 2.24) is 0 Å². The first-order valence-corrected chi connectivity index (χ1v) is 5.02. The number of benzene rings is 1. The quantitative estimate of drug-likeness (QED) is 0.556. The second-order valence-corrected chi connectivity index (χ2v) is 3.38. The van der Waals surface area contributed by atoms with E-state index in [0.29, 0.717) is 0 Å². The van der Waals surface area contributed by atoms with Crippen molar-refractivity contribution in [3.05, 3.63) is 23.8 Å². The average Bonchev–Trinajstić information content (AvgIpc) is 2.27. The van der Waals surface area contributed by atoms with Crippen LogP contribution in [-0.4, -0.2) is 39.1 Å². The monoisotopic (exact) mass is 242 g/mol. The summed E-state index contributed by atoms with van der Waals surface area (Å²) in [5.74, 6) is -1.59. The van der Waals surface area contributed by atoms with Gasteiger partial charge < -0.3 is 25.2 Å². The zero-order valence-electron chi connectivity index (χ0n) is 9.20. The summed E-state index contributed by atoms with van der Waals surface area (Å²) in [5.41, 5.74) is -0.0663. The van der Waals surface area contributed by atoms with Crippen molar-refractivity contribution >= 4 is 5.97 Å². The molecule has 0 fully saturated rings. The number of ether oxygens (including phenoxy) is 1. The van der Waals surface area contributed by atoms with Gasteiger partial charge in [0, 0.05) is 11.6 Å². The molecule has 0 spiro atoms. The highest BCUT2D eigenvalue weighted by Gasteiger charge is 2.28. The molecule has 2 atom stereocenters. The summed E-state index contributed by atoms with van der Waals surface area (Å²) in [6.07, 6.45) is -3.40. The molecule has 0 saturated heterocycles. The third-order valence-electron chi connectivity index (χ3n) is 2.16. The van der Waals surface area contributed by atoms with Gasteiger partial charge in [0.1, 0.15) is 17.6 Å². The molecule has 0 amide bonds. The predicted octanol–water partition coefficient (Wildman–Crippen LogP) is 0.0552. The fraction of sp³-hybridized carbons (Fsp3) is 0.364. The normalized spacial score (nSPS) is 14.1. The minimum absolute atomic E-state index is 0.0663. The number of aliphatic hydroxyl groups is 2. The van der Waals surface area contributed by atoms with Crippen LogP contribution >= 0.6 is 0 Å². The van der Waals surface area contributed by atoms with Crippen LogP contribution in [0, 0.1) is 0 Å². The SMILES string of the molecule is CCOC(=O)C(O)C(O)c1ccc(O)cc1O. The highest BCUT2D eigenvalue weighted by molar-refractivity contribution is 5.75. The summed E-state index contributed by atoms with van der Waals surface area (Å²) >= 11 is 0. The number of rotatable bonds is 4. The molecule has 0 saturated carbocycles. The van der Waals surface area contributed by atoms with Gasteiger partial charge in [-0.1, -0.05) is 0 Å². The zero-order chi connectivity index (χ0) is 13.0. The smallest absolute Gasteiger partial charge is 0.338 e. The van der Waals surface area contributed by atoms with E-state index in [1.165, 1.54) is 12.1 Å². The van der Waals surface area contributed by atoms with Crippen molar-refractivity contribution in [2.75, 3.05) is 6.61 Å². The summed E-state index contributed by atoms with van der Waals surface area (Å²) in [4.78, 5) is 11.2. The Morgan fingerprint density at radius 3 is 2.53 bits per heavy atom. The second-order valence-electron chi connectivity index (χ2n) is 3.38. The first-order chi connectivity index (χ1) is 7.97. The van der Waals surface area contributed by atoms with Gasteiger partial charge in [-0.05, 0) is 19.1 Å². The molecule has 6 nitrogen and oxygen atoms in total. The molecule has 1 aromatic rings. The topological polar surface area (TPSA) is 107 Å². The van der Waals surface area contributed by atoms with Crippen molar-refractivity contribution in [3.63, 3.8) is 0 Å². The Kier molecular flexibility index (Phi) is 4.30. The highest BCUT2D eigenvalue weighted by Crippen LogP contribution is 2.29. The number of hydrogen-bond donors (Lipinski definition) is 4. The molecular weight excluding hydrogens is 228 g/mol. The Morgan fingerprint density at radius 1 is 1.35 bits per heavy atom. The molecule has 0 bridgehead atoms. The molecule has 94 valence electrons. The molecule has 0 aliphatic carbocycles. The van der Waals surface area contributed by atoms with Crippen molar-refractivity contribution in [2.24, 2.45) is 0 Å². The Morgan fingerprint density at radius 2 is 2.00 bits per heavy atom. The van der Waals surface area contributed by atoms with Crippen molar-refractivity contribution in [2.45, 2.75) is 19.1 Å². The zero-order valence-corrected chi connectivity index (χ0v) is 9.20. The molecule has 0 radical (unpaired) electrons. The summed E-state index contributed by atoms with van der Waals surface area (Å²) < 4.78 is 4.53. The van der Waals surface area contributed by atoms with E-state index < -0.39 is 23.9 Å². The molecule has 1 aromatic carbocycles. The van der Waals surface area contributed by atoms with Crippen molar-refractivity contribution in [3.8, 4) is 11.5 Å². The molecule has 17 heavy (non-hydrogen) atoms. The molecule has 0 aliphatic rings. The standard InChI is InChI=1S/C11H14O6/c1-2-17-11(16)10(15)9(14)7-4-3-6(12)5-8(7)13/h3-5,9-10,12-15H,2H2,1H3. The van der Waals surface area contributed by atoms with E-state index in [9.17, 15) is 20.1 Å². The van der Waals surface area contributed by atoms with Gasteiger partial charge in [0.05, 0.1) is 6.61 Å². The van der Waals surface area contributed by atoms with Gasteiger partial charge in [0.2, 0.25) is 0 Å². The number of phenolic OH excluding ortho intramolecular Hbond substituents is 2. The maximum absolute atomic E-state index is 11.2. The largest absolute Gasteiger partial charge is 0.508 e. The van der Waals surface area contributed by atoms with Crippen molar-refractivity contribution in [1.29, 1.82) is 0 Å². The predicted molar refractivity (Wildman–Crippen MR) is 57.4 cm³/mol. The van der Waals surface area contributed by atoms with Crippen LogP contribution < -0.4 is 0 Å². The van der Waals surface area contributed by atoms with E-state index in [2.05, 4.69) is 4.74 Å². The molecule has 1 rings (SSSR count). The highest BCUT2D eigenvalue weighted by atomic mass is 16.5. The number of aliphatic hydroxyl groups excluding tert-OH is 2. The van der Waals surface area contributed by atoms with Gasteiger partial charge in [-0.2, -0.15) is 0 Å². The van der Waals surface area contributed by atoms with Gasteiger partial charge in [0.25, 0.3) is 0 Å². The maximum atomic E-state index is 11.2. The lowest BCUT2D eigenvalue weighted by atomic mass is 10.0. The average molecular weight is 242 g/mol. The van der Waals surface area contributed by atoms with Crippen LogP contribution in [0.3, 0.4) is 0 Å². The summed E-state index contributed by atoms with van der Waals surface area (Å²) in [7, 11) is 0. The van der Waals surface area contributed by atoms with Crippen molar-refractivity contribution < 1.29 is 30.0 Å². The maximum Gasteiger partial charge on any atom is 0.338 e. The Bertz CT molecular complexity index is 403. The Labute approximate surface area is 97.7 Å². The van der Waals surface area contributed by atoms with Crippen LogP contribution in [0.2, 0.25) is 0 Å². The van der Waals surface area contributed by atoms with Gasteiger partial charge in [-0.15, -0.1) is 0 Å². The van der Waals surface area contributed by atoms with E-state index in [-0.39, 0.29) is 17.9 Å². The number of esters is 1. The molecular formula is C11H14O6. The summed E-state index contributed by atoms with van der Waals surface area (Å²) in [6, 6.07) is 3.42.